The van der Waals surface area contributed by atoms with E-state index in [4.69, 9.17) is 0 Å². The summed E-state index contributed by atoms with van der Waals surface area (Å²) >= 11 is 0. The second-order valence-electron chi connectivity index (χ2n) is 3.34. The van der Waals surface area contributed by atoms with E-state index < -0.39 is 5.60 Å². The van der Waals surface area contributed by atoms with Crippen molar-refractivity contribution in [3.63, 3.8) is 0 Å². The van der Waals surface area contributed by atoms with Gasteiger partial charge in [-0.1, -0.05) is 0 Å². The van der Waals surface area contributed by atoms with Gasteiger partial charge in [0.05, 0.1) is 12.1 Å². The molecule has 0 saturated carbocycles. The summed E-state index contributed by atoms with van der Waals surface area (Å²) in [6.07, 6.45) is 3.04. The highest BCUT2D eigenvalue weighted by molar-refractivity contribution is 4.83. The van der Waals surface area contributed by atoms with E-state index >= 15 is 0 Å². The van der Waals surface area contributed by atoms with Gasteiger partial charge in [0.15, 0.2) is 0 Å². The number of rotatable bonds is 2. The van der Waals surface area contributed by atoms with Crippen molar-refractivity contribution in [1.82, 2.24) is 9.55 Å². The molecule has 0 radical (unpaired) electrons. The minimum atomic E-state index is -0.882. The zero-order chi connectivity index (χ0) is 9.19. The van der Waals surface area contributed by atoms with E-state index in [1.165, 1.54) is 10.8 Å². The van der Waals surface area contributed by atoms with Gasteiger partial charge in [-0.05, 0) is 19.9 Å². The molecule has 1 aromatic heterocycles. The summed E-state index contributed by atoms with van der Waals surface area (Å²) in [5.74, 6) is 0. The van der Waals surface area contributed by atoms with E-state index in [-0.39, 0.29) is 12.2 Å². The predicted octanol–water partition coefficient (Wildman–Crippen LogP) is 0.0142. The van der Waals surface area contributed by atoms with Gasteiger partial charge in [-0.15, -0.1) is 0 Å². The van der Waals surface area contributed by atoms with Gasteiger partial charge in [0.1, 0.15) is 0 Å². The van der Waals surface area contributed by atoms with Crippen molar-refractivity contribution >= 4 is 0 Å². The first-order valence-electron chi connectivity index (χ1n) is 3.73. The molecular formula is C8H12N2O2. The Morgan fingerprint density at radius 1 is 1.67 bits per heavy atom. The van der Waals surface area contributed by atoms with Crippen LogP contribution in [0.15, 0.2) is 23.3 Å². The predicted molar refractivity (Wildman–Crippen MR) is 44.8 cm³/mol. The number of hydrogen-bond acceptors (Lipinski definition) is 3. The van der Waals surface area contributed by atoms with Crippen molar-refractivity contribution in [2.45, 2.75) is 26.0 Å². The topological polar surface area (TPSA) is 55.1 Å². The molecule has 66 valence electrons. The maximum Gasteiger partial charge on any atom is 0.347 e. The lowest BCUT2D eigenvalue weighted by atomic mass is 10.1. The summed E-state index contributed by atoms with van der Waals surface area (Å²) < 4.78 is 1.38. The fourth-order valence-electron chi connectivity index (χ4n) is 0.924. The van der Waals surface area contributed by atoms with Crippen molar-refractivity contribution in [2.75, 3.05) is 0 Å². The van der Waals surface area contributed by atoms with E-state index in [2.05, 4.69) is 4.98 Å². The largest absolute Gasteiger partial charge is 0.389 e. The molecule has 0 unspecified atom stereocenters. The van der Waals surface area contributed by atoms with Gasteiger partial charge < -0.3 is 5.11 Å². The third-order valence-electron chi connectivity index (χ3n) is 1.34. The molecule has 0 saturated heterocycles. The van der Waals surface area contributed by atoms with E-state index in [1.807, 2.05) is 0 Å². The molecule has 1 N–H and O–H groups in total. The second-order valence-corrected chi connectivity index (χ2v) is 3.34. The van der Waals surface area contributed by atoms with Gasteiger partial charge in [0.25, 0.3) is 0 Å². The third-order valence-corrected chi connectivity index (χ3v) is 1.34. The average molecular weight is 168 g/mol. The molecule has 0 atom stereocenters. The summed E-state index contributed by atoms with van der Waals surface area (Å²) in [7, 11) is 0. The van der Waals surface area contributed by atoms with Crippen LogP contribution in [0.25, 0.3) is 0 Å². The SMILES string of the molecule is CC(C)(O)Cn1cccnc1=O. The van der Waals surface area contributed by atoms with Crippen molar-refractivity contribution in [1.29, 1.82) is 0 Å². The van der Waals surface area contributed by atoms with E-state index in [9.17, 15) is 9.90 Å². The summed E-state index contributed by atoms with van der Waals surface area (Å²) in [4.78, 5) is 14.6. The molecule has 0 aliphatic heterocycles. The zero-order valence-electron chi connectivity index (χ0n) is 7.19. The van der Waals surface area contributed by atoms with Crippen LogP contribution in [0.1, 0.15) is 13.8 Å². The van der Waals surface area contributed by atoms with Crippen molar-refractivity contribution in [3.05, 3.63) is 28.9 Å². The average Bonchev–Trinajstić information content (AvgIpc) is 1.91. The summed E-state index contributed by atoms with van der Waals surface area (Å²) in [5.41, 5.74) is -1.22. The van der Waals surface area contributed by atoms with Crippen LogP contribution in [-0.4, -0.2) is 20.3 Å². The number of aliphatic hydroxyl groups is 1. The minimum Gasteiger partial charge on any atom is -0.389 e. The second kappa shape index (κ2) is 3.06. The lowest BCUT2D eigenvalue weighted by Gasteiger charge is -2.17. The van der Waals surface area contributed by atoms with Gasteiger partial charge in [0, 0.05) is 12.4 Å². The zero-order valence-corrected chi connectivity index (χ0v) is 7.19. The van der Waals surface area contributed by atoms with Gasteiger partial charge in [0.2, 0.25) is 0 Å². The third kappa shape index (κ3) is 2.47. The van der Waals surface area contributed by atoms with Crippen LogP contribution in [0.2, 0.25) is 0 Å². The number of hydrogen-bond donors (Lipinski definition) is 1. The van der Waals surface area contributed by atoms with E-state index in [0.717, 1.165) is 0 Å². The lowest BCUT2D eigenvalue weighted by Crippen LogP contribution is -2.33. The monoisotopic (exact) mass is 168 g/mol. The lowest BCUT2D eigenvalue weighted by molar-refractivity contribution is 0.0600. The van der Waals surface area contributed by atoms with Crippen LogP contribution >= 0.6 is 0 Å². The molecule has 1 aromatic rings. The Kier molecular flexibility index (Phi) is 2.28. The molecule has 0 aliphatic rings. The molecule has 0 bridgehead atoms. The van der Waals surface area contributed by atoms with Crippen LogP contribution in [0.4, 0.5) is 0 Å². The van der Waals surface area contributed by atoms with Gasteiger partial charge in [-0.25, -0.2) is 9.78 Å². The fourth-order valence-corrected chi connectivity index (χ4v) is 0.924. The van der Waals surface area contributed by atoms with Crippen molar-refractivity contribution in [3.8, 4) is 0 Å². The molecule has 0 spiro atoms. The van der Waals surface area contributed by atoms with Crippen LogP contribution in [0.5, 0.6) is 0 Å². The van der Waals surface area contributed by atoms with Crippen LogP contribution in [0.3, 0.4) is 0 Å². The Bertz CT molecular complexity index is 311. The molecule has 4 nitrogen and oxygen atoms in total. The van der Waals surface area contributed by atoms with Gasteiger partial charge >= 0.3 is 5.69 Å². The Hall–Kier alpha value is -1.16. The van der Waals surface area contributed by atoms with Crippen LogP contribution < -0.4 is 5.69 Å². The fraction of sp³-hybridized carbons (Fsp3) is 0.500. The first-order chi connectivity index (χ1) is 5.49. The quantitative estimate of drug-likeness (QED) is 0.677. The smallest absolute Gasteiger partial charge is 0.347 e. The summed E-state index contributed by atoms with van der Waals surface area (Å²) in [6.45, 7) is 3.55. The molecule has 0 aromatic carbocycles. The standard InChI is InChI=1S/C8H12N2O2/c1-8(2,12)6-10-5-3-4-9-7(10)11/h3-5,12H,6H2,1-2H3. The molecular weight excluding hydrogens is 156 g/mol. The highest BCUT2D eigenvalue weighted by atomic mass is 16.3. The molecule has 1 heterocycles. The molecule has 0 aliphatic carbocycles. The first kappa shape index (κ1) is 8.93. The highest BCUT2D eigenvalue weighted by Crippen LogP contribution is 2.02. The number of nitrogens with zero attached hydrogens (tertiary/aromatic N) is 2. The van der Waals surface area contributed by atoms with Crippen molar-refractivity contribution in [2.24, 2.45) is 0 Å². The Morgan fingerprint density at radius 2 is 2.33 bits per heavy atom. The van der Waals surface area contributed by atoms with Crippen LogP contribution in [-0.2, 0) is 6.54 Å². The summed E-state index contributed by atoms with van der Waals surface area (Å²) in [6, 6.07) is 1.66. The van der Waals surface area contributed by atoms with E-state index in [0.29, 0.717) is 0 Å². The van der Waals surface area contributed by atoms with Gasteiger partial charge in [-0.2, -0.15) is 0 Å². The van der Waals surface area contributed by atoms with E-state index in [1.54, 1.807) is 26.1 Å². The Morgan fingerprint density at radius 3 is 2.83 bits per heavy atom. The molecule has 1 rings (SSSR count). The molecule has 0 fully saturated rings. The molecule has 12 heavy (non-hydrogen) atoms. The Balaban J connectivity index is 2.91. The normalized spacial score (nSPS) is 11.6. The molecule has 4 heteroatoms. The first-order valence-corrected chi connectivity index (χ1v) is 3.73. The highest BCUT2D eigenvalue weighted by Gasteiger charge is 2.13. The number of aromatic nitrogens is 2. The Labute approximate surface area is 70.5 Å². The van der Waals surface area contributed by atoms with Gasteiger partial charge in [-0.3, -0.25) is 4.57 Å². The molecule has 0 amide bonds. The maximum atomic E-state index is 11.0. The summed E-state index contributed by atoms with van der Waals surface area (Å²) in [5, 5.41) is 9.41. The maximum absolute atomic E-state index is 11.0. The minimum absolute atomic E-state index is 0.264. The van der Waals surface area contributed by atoms with Crippen molar-refractivity contribution < 1.29 is 5.11 Å². The van der Waals surface area contributed by atoms with Crippen LogP contribution in [0, 0.1) is 0 Å².